The van der Waals surface area contributed by atoms with E-state index < -0.39 is 0 Å². The van der Waals surface area contributed by atoms with E-state index in [0.29, 0.717) is 13.1 Å². The summed E-state index contributed by atoms with van der Waals surface area (Å²) in [5, 5.41) is 1.14. The second-order valence-corrected chi connectivity index (χ2v) is 10.1. The molecule has 2 fully saturated rings. The molecule has 0 saturated carbocycles. The number of hydrogen-bond donors (Lipinski definition) is 0. The van der Waals surface area contributed by atoms with Crippen molar-refractivity contribution in [3.8, 4) is 0 Å². The minimum Gasteiger partial charge on any atom is -0.340 e. The second kappa shape index (κ2) is 10.5. The van der Waals surface area contributed by atoms with Gasteiger partial charge in [-0.2, -0.15) is 0 Å². The number of para-hydroxylation sites is 1. The zero-order valence-electron chi connectivity index (χ0n) is 19.3. The maximum atomic E-state index is 13.1. The summed E-state index contributed by atoms with van der Waals surface area (Å²) in [6, 6.07) is 18.1. The number of piperidine rings is 1. The van der Waals surface area contributed by atoms with Gasteiger partial charge in [0.15, 0.2) is 0 Å². The maximum Gasteiger partial charge on any atom is 0.246 e. The molecule has 3 heterocycles. The molecule has 2 aromatic carbocycles. The molecule has 0 N–H and O–H groups in total. The summed E-state index contributed by atoms with van der Waals surface area (Å²) in [6.07, 6.45) is 4.99. The third kappa shape index (κ3) is 5.37. The molecule has 0 radical (unpaired) electrons. The molecule has 3 aromatic rings. The lowest BCUT2D eigenvalue weighted by atomic mass is 9.95. The summed E-state index contributed by atoms with van der Waals surface area (Å²) in [6.45, 7) is 5.42. The predicted molar refractivity (Wildman–Crippen MR) is 136 cm³/mol. The number of rotatable bonds is 5. The average Bonchev–Trinajstić information content (AvgIpc) is 3.30. The number of aromatic nitrogens is 1. The van der Waals surface area contributed by atoms with Gasteiger partial charge in [0.2, 0.25) is 11.8 Å². The molecule has 0 unspecified atom stereocenters. The van der Waals surface area contributed by atoms with Crippen molar-refractivity contribution in [2.75, 3.05) is 39.3 Å². The largest absolute Gasteiger partial charge is 0.340 e. The maximum absolute atomic E-state index is 13.1. The fourth-order valence-electron chi connectivity index (χ4n) is 4.75. The number of likely N-dealkylation sites (tertiary alicyclic amines) is 1. The highest BCUT2D eigenvalue weighted by Crippen LogP contribution is 2.24. The molecule has 176 valence electrons. The molecule has 0 bridgehead atoms. The Morgan fingerprint density at radius 3 is 2.32 bits per heavy atom. The SMILES string of the molecule is O=C(C=Cc1ccccc1)N1CCC(C(=O)N2CCN(Cc3nc4ccccc4s3)CC2)CC1. The lowest BCUT2D eigenvalue weighted by molar-refractivity contribution is -0.141. The molecule has 0 spiro atoms. The number of amides is 2. The van der Waals surface area contributed by atoms with Gasteiger partial charge in [0.05, 0.1) is 16.8 Å². The van der Waals surface area contributed by atoms with Crippen LogP contribution in [0.4, 0.5) is 0 Å². The Morgan fingerprint density at radius 1 is 0.882 bits per heavy atom. The van der Waals surface area contributed by atoms with Crippen molar-refractivity contribution in [3.05, 3.63) is 71.2 Å². The first-order valence-electron chi connectivity index (χ1n) is 12.0. The summed E-state index contributed by atoms with van der Waals surface area (Å²) in [7, 11) is 0. The van der Waals surface area contributed by atoms with E-state index in [1.807, 2.05) is 52.3 Å². The fourth-order valence-corrected chi connectivity index (χ4v) is 5.76. The number of piperazine rings is 1. The van der Waals surface area contributed by atoms with Gasteiger partial charge in [0.1, 0.15) is 5.01 Å². The molecule has 2 amide bonds. The Morgan fingerprint density at radius 2 is 1.59 bits per heavy atom. The summed E-state index contributed by atoms with van der Waals surface area (Å²) in [5.41, 5.74) is 2.08. The van der Waals surface area contributed by atoms with E-state index >= 15 is 0 Å². The monoisotopic (exact) mass is 474 g/mol. The molecular formula is C27H30N4O2S. The van der Waals surface area contributed by atoms with Gasteiger partial charge in [0, 0.05) is 51.3 Å². The quantitative estimate of drug-likeness (QED) is 0.527. The number of carbonyl (C=O) groups excluding carboxylic acids is 2. The molecule has 2 aliphatic rings. The van der Waals surface area contributed by atoms with Gasteiger partial charge >= 0.3 is 0 Å². The molecule has 2 saturated heterocycles. The molecule has 7 heteroatoms. The number of nitrogens with zero attached hydrogens (tertiary/aromatic N) is 4. The lowest BCUT2D eigenvalue weighted by Crippen LogP contribution is -2.51. The number of carbonyl (C=O) groups is 2. The molecule has 2 aliphatic heterocycles. The van der Waals surface area contributed by atoms with Crippen LogP contribution >= 0.6 is 11.3 Å². The van der Waals surface area contributed by atoms with Crippen molar-refractivity contribution < 1.29 is 9.59 Å². The van der Waals surface area contributed by atoms with Crippen LogP contribution in [0.2, 0.25) is 0 Å². The number of benzene rings is 2. The first-order valence-corrected chi connectivity index (χ1v) is 12.8. The van der Waals surface area contributed by atoms with Crippen LogP contribution in [0.25, 0.3) is 16.3 Å². The van der Waals surface area contributed by atoms with Crippen LogP contribution in [0.5, 0.6) is 0 Å². The molecule has 34 heavy (non-hydrogen) atoms. The van der Waals surface area contributed by atoms with Crippen LogP contribution in [0, 0.1) is 5.92 Å². The minimum absolute atomic E-state index is 0.0259. The van der Waals surface area contributed by atoms with E-state index in [1.54, 1.807) is 17.4 Å². The second-order valence-electron chi connectivity index (χ2n) is 9.02. The topological polar surface area (TPSA) is 56.8 Å². The summed E-state index contributed by atoms with van der Waals surface area (Å²) in [4.78, 5) is 36.6. The number of thiazole rings is 1. The molecular weight excluding hydrogens is 444 g/mol. The van der Waals surface area contributed by atoms with Gasteiger partial charge in [-0.1, -0.05) is 42.5 Å². The Hall–Kier alpha value is -3.03. The van der Waals surface area contributed by atoms with Gasteiger partial charge in [-0.25, -0.2) is 4.98 Å². The van der Waals surface area contributed by atoms with Gasteiger partial charge in [-0.05, 0) is 36.6 Å². The summed E-state index contributed by atoms with van der Waals surface area (Å²) >= 11 is 1.75. The molecule has 6 nitrogen and oxygen atoms in total. The van der Waals surface area contributed by atoms with E-state index in [2.05, 4.69) is 23.1 Å². The van der Waals surface area contributed by atoms with Crippen molar-refractivity contribution >= 4 is 39.4 Å². The highest BCUT2D eigenvalue weighted by molar-refractivity contribution is 7.18. The molecule has 0 atom stereocenters. The van der Waals surface area contributed by atoms with Gasteiger partial charge in [0.25, 0.3) is 0 Å². The van der Waals surface area contributed by atoms with Gasteiger partial charge in [-0.3, -0.25) is 14.5 Å². The summed E-state index contributed by atoms with van der Waals surface area (Å²) in [5.74, 6) is 0.308. The van der Waals surface area contributed by atoms with Gasteiger partial charge in [-0.15, -0.1) is 11.3 Å². The highest BCUT2D eigenvalue weighted by atomic mass is 32.1. The Labute approximate surface area is 204 Å². The first kappa shape index (κ1) is 22.7. The summed E-state index contributed by atoms with van der Waals surface area (Å²) < 4.78 is 1.23. The fraction of sp³-hybridized carbons (Fsp3) is 0.370. The normalized spacial score (nSPS) is 18.1. The zero-order valence-corrected chi connectivity index (χ0v) is 20.1. The Kier molecular flexibility index (Phi) is 7.02. The Bertz CT molecular complexity index is 1130. The van der Waals surface area contributed by atoms with E-state index in [-0.39, 0.29) is 17.7 Å². The van der Waals surface area contributed by atoms with Crippen LogP contribution in [0.15, 0.2) is 60.7 Å². The number of fused-ring (bicyclic) bond motifs is 1. The predicted octanol–water partition coefficient (Wildman–Crippen LogP) is 3.89. The van der Waals surface area contributed by atoms with Crippen LogP contribution in [-0.4, -0.2) is 70.8 Å². The third-order valence-electron chi connectivity index (χ3n) is 6.75. The van der Waals surface area contributed by atoms with Crippen molar-refractivity contribution in [2.45, 2.75) is 19.4 Å². The van der Waals surface area contributed by atoms with Crippen LogP contribution < -0.4 is 0 Å². The van der Waals surface area contributed by atoms with Crippen molar-refractivity contribution in [1.82, 2.24) is 19.7 Å². The van der Waals surface area contributed by atoms with E-state index in [4.69, 9.17) is 4.98 Å². The number of hydrogen-bond acceptors (Lipinski definition) is 5. The molecule has 5 rings (SSSR count). The van der Waals surface area contributed by atoms with Gasteiger partial charge < -0.3 is 9.80 Å². The zero-order chi connectivity index (χ0) is 23.3. The molecule has 1 aromatic heterocycles. The minimum atomic E-state index is 0.0259. The highest BCUT2D eigenvalue weighted by Gasteiger charge is 2.31. The van der Waals surface area contributed by atoms with E-state index in [0.717, 1.165) is 61.7 Å². The average molecular weight is 475 g/mol. The van der Waals surface area contributed by atoms with E-state index in [1.165, 1.54) is 4.70 Å². The Balaban J connectivity index is 1.07. The third-order valence-corrected chi connectivity index (χ3v) is 7.78. The van der Waals surface area contributed by atoms with Crippen LogP contribution in [0.3, 0.4) is 0 Å². The van der Waals surface area contributed by atoms with E-state index in [9.17, 15) is 9.59 Å². The smallest absolute Gasteiger partial charge is 0.246 e. The van der Waals surface area contributed by atoms with Crippen molar-refractivity contribution in [1.29, 1.82) is 0 Å². The van der Waals surface area contributed by atoms with Crippen molar-refractivity contribution in [3.63, 3.8) is 0 Å². The standard InChI is InChI=1S/C27H30N4O2S/c32-26(11-10-21-6-2-1-3-7-21)30-14-12-22(13-15-30)27(33)31-18-16-29(17-19-31)20-25-28-23-8-4-5-9-24(23)34-25/h1-11,22H,12-20H2. The van der Waals surface area contributed by atoms with Crippen LogP contribution in [-0.2, 0) is 16.1 Å². The van der Waals surface area contributed by atoms with Crippen molar-refractivity contribution in [2.24, 2.45) is 5.92 Å². The lowest BCUT2D eigenvalue weighted by Gasteiger charge is -2.38. The molecule has 0 aliphatic carbocycles. The first-order chi connectivity index (χ1) is 16.7. The van der Waals surface area contributed by atoms with Crippen LogP contribution in [0.1, 0.15) is 23.4 Å².